The first-order valence-electron chi connectivity index (χ1n) is 6.76. The highest BCUT2D eigenvalue weighted by Gasteiger charge is 2.04. The molecule has 0 aliphatic rings. The molecule has 1 heterocycles. The average molecular weight is 271 g/mol. The van der Waals surface area contributed by atoms with Gasteiger partial charge in [0.2, 0.25) is 0 Å². The Labute approximate surface area is 120 Å². The Hall–Kier alpha value is -2.07. The van der Waals surface area contributed by atoms with E-state index in [-0.39, 0.29) is 6.04 Å². The second-order valence-corrected chi connectivity index (χ2v) is 4.92. The molecule has 0 spiro atoms. The highest BCUT2D eigenvalue weighted by atomic mass is 16.5. The van der Waals surface area contributed by atoms with Crippen LogP contribution in [0.3, 0.4) is 0 Å². The van der Waals surface area contributed by atoms with E-state index in [4.69, 9.17) is 4.74 Å². The number of aromatic nitrogens is 2. The Morgan fingerprint density at radius 3 is 2.80 bits per heavy atom. The van der Waals surface area contributed by atoms with E-state index >= 15 is 0 Å². The number of benzene rings is 1. The summed E-state index contributed by atoms with van der Waals surface area (Å²) in [4.78, 5) is 0. The zero-order chi connectivity index (χ0) is 14.4. The fraction of sp³-hybridized carbons (Fsp3) is 0.312. The summed E-state index contributed by atoms with van der Waals surface area (Å²) in [6.45, 7) is 9.25. The molecule has 1 unspecified atom stereocenters. The second kappa shape index (κ2) is 6.91. The van der Waals surface area contributed by atoms with E-state index in [1.165, 1.54) is 5.56 Å². The monoisotopic (exact) mass is 271 g/mol. The van der Waals surface area contributed by atoms with E-state index in [1.54, 1.807) is 10.9 Å². The van der Waals surface area contributed by atoms with Crippen LogP contribution < -0.4 is 10.1 Å². The van der Waals surface area contributed by atoms with Crippen LogP contribution in [0.1, 0.15) is 18.1 Å². The first-order chi connectivity index (χ1) is 9.67. The Bertz CT molecular complexity index is 545. The summed E-state index contributed by atoms with van der Waals surface area (Å²) in [5, 5.41) is 7.55. The minimum atomic E-state index is 0.267. The maximum atomic E-state index is 5.74. The van der Waals surface area contributed by atoms with Crippen LogP contribution in [-0.2, 0) is 6.54 Å². The summed E-state index contributed by atoms with van der Waals surface area (Å²) in [5.74, 6) is 0.906. The molecule has 2 aromatic rings. The summed E-state index contributed by atoms with van der Waals surface area (Å²) in [5.41, 5.74) is 2.37. The summed E-state index contributed by atoms with van der Waals surface area (Å²) < 4.78 is 7.44. The molecule has 0 bridgehead atoms. The summed E-state index contributed by atoms with van der Waals surface area (Å²) >= 11 is 0. The fourth-order valence-electron chi connectivity index (χ4n) is 1.78. The van der Waals surface area contributed by atoms with Crippen molar-refractivity contribution in [3.8, 4) is 5.75 Å². The van der Waals surface area contributed by atoms with E-state index in [2.05, 4.69) is 43.0 Å². The van der Waals surface area contributed by atoms with Crippen LogP contribution in [0.25, 0.3) is 6.20 Å². The Morgan fingerprint density at radius 1 is 1.40 bits per heavy atom. The van der Waals surface area contributed by atoms with Crippen molar-refractivity contribution >= 4 is 6.20 Å². The third-order valence-corrected chi connectivity index (χ3v) is 3.02. The van der Waals surface area contributed by atoms with Gasteiger partial charge < -0.3 is 10.1 Å². The molecule has 4 heteroatoms. The first-order valence-corrected chi connectivity index (χ1v) is 6.76. The Balaban J connectivity index is 1.73. The second-order valence-electron chi connectivity index (χ2n) is 4.92. The van der Waals surface area contributed by atoms with Crippen LogP contribution in [-0.4, -0.2) is 22.4 Å². The van der Waals surface area contributed by atoms with E-state index in [1.807, 2.05) is 24.5 Å². The van der Waals surface area contributed by atoms with Gasteiger partial charge in [-0.1, -0.05) is 24.3 Å². The smallest absolute Gasteiger partial charge is 0.119 e. The zero-order valence-electron chi connectivity index (χ0n) is 12.0. The lowest BCUT2D eigenvalue weighted by Gasteiger charge is -2.14. The molecule has 0 aliphatic carbocycles. The molecule has 0 radical (unpaired) electrons. The predicted octanol–water partition coefficient (Wildman–Crippen LogP) is 2.85. The number of hydrogen-bond donors (Lipinski definition) is 1. The van der Waals surface area contributed by atoms with Crippen LogP contribution in [0, 0.1) is 6.92 Å². The Kier molecular flexibility index (Phi) is 4.96. The quantitative estimate of drug-likeness (QED) is 0.841. The highest BCUT2D eigenvalue weighted by molar-refractivity contribution is 5.26. The van der Waals surface area contributed by atoms with Gasteiger partial charge in [0.15, 0.2) is 0 Å². The van der Waals surface area contributed by atoms with Crippen LogP contribution in [0.2, 0.25) is 0 Å². The molecule has 0 saturated heterocycles. The molecule has 2 rings (SSSR count). The van der Waals surface area contributed by atoms with Crippen LogP contribution in [0.4, 0.5) is 0 Å². The maximum Gasteiger partial charge on any atom is 0.119 e. The van der Waals surface area contributed by atoms with Crippen molar-refractivity contribution in [1.29, 1.82) is 0 Å². The minimum Gasteiger partial charge on any atom is -0.492 e. The van der Waals surface area contributed by atoms with Crippen molar-refractivity contribution in [3.05, 3.63) is 54.4 Å². The van der Waals surface area contributed by atoms with Crippen molar-refractivity contribution in [2.75, 3.05) is 6.61 Å². The number of nitrogens with one attached hydrogen (secondary N) is 1. The van der Waals surface area contributed by atoms with Crippen LogP contribution in [0.5, 0.6) is 5.75 Å². The van der Waals surface area contributed by atoms with Gasteiger partial charge in [-0.2, -0.15) is 5.10 Å². The maximum absolute atomic E-state index is 5.74. The lowest BCUT2D eigenvalue weighted by Crippen LogP contribution is -2.31. The third-order valence-electron chi connectivity index (χ3n) is 3.02. The molecule has 1 aromatic carbocycles. The third kappa shape index (κ3) is 4.24. The molecular formula is C16H21N3O. The van der Waals surface area contributed by atoms with Gasteiger partial charge >= 0.3 is 0 Å². The van der Waals surface area contributed by atoms with Crippen molar-refractivity contribution in [1.82, 2.24) is 15.1 Å². The van der Waals surface area contributed by atoms with Crippen molar-refractivity contribution in [3.63, 3.8) is 0 Å². The molecule has 0 fully saturated rings. The van der Waals surface area contributed by atoms with Crippen molar-refractivity contribution < 1.29 is 4.74 Å². The van der Waals surface area contributed by atoms with Crippen LogP contribution >= 0.6 is 0 Å². The molecule has 106 valence electrons. The number of aryl methyl sites for hydroxylation is 1. The van der Waals surface area contributed by atoms with Gasteiger partial charge in [0.1, 0.15) is 12.4 Å². The van der Waals surface area contributed by atoms with Crippen molar-refractivity contribution in [2.24, 2.45) is 0 Å². The molecule has 20 heavy (non-hydrogen) atoms. The van der Waals surface area contributed by atoms with Crippen molar-refractivity contribution in [2.45, 2.75) is 26.4 Å². The molecule has 4 nitrogen and oxygen atoms in total. The minimum absolute atomic E-state index is 0.267. The molecule has 1 N–H and O–H groups in total. The topological polar surface area (TPSA) is 39.1 Å². The number of rotatable bonds is 7. The standard InChI is InChI=1S/C16H21N3O/c1-4-19-11-15(10-18-19)9-17-14(3)12-20-16-7-5-13(2)6-8-16/h4-8,10-11,14,17H,1,9,12H2,2-3H3. The lowest BCUT2D eigenvalue weighted by atomic mass is 10.2. The number of ether oxygens (including phenoxy) is 1. The lowest BCUT2D eigenvalue weighted by molar-refractivity contribution is 0.272. The summed E-state index contributed by atoms with van der Waals surface area (Å²) in [6, 6.07) is 8.36. The fourth-order valence-corrected chi connectivity index (χ4v) is 1.78. The summed E-state index contributed by atoms with van der Waals surface area (Å²) in [6.07, 6.45) is 5.46. The van der Waals surface area contributed by atoms with Gasteiger partial charge in [-0.15, -0.1) is 0 Å². The van der Waals surface area contributed by atoms with Crippen LogP contribution in [0.15, 0.2) is 43.2 Å². The summed E-state index contributed by atoms with van der Waals surface area (Å²) in [7, 11) is 0. The number of hydrogen-bond acceptors (Lipinski definition) is 3. The zero-order valence-corrected chi connectivity index (χ0v) is 12.0. The molecule has 1 atom stereocenters. The molecule has 0 saturated carbocycles. The molecule has 0 aliphatic heterocycles. The molecular weight excluding hydrogens is 250 g/mol. The first kappa shape index (κ1) is 14.3. The van der Waals surface area contributed by atoms with Gasteiger partial charge in [0, 0.05) is 30.5 Å². The molecule has 0 amide bonds. The SMILES string of the molecule is C=Cn1cc(CNC(C)COc2ccc(C)cc2)cn1. The van der Waals surface area contributed by atoms with Gasteiger partial charge in [0.05, 0.1) is 6.20 Å². The van der Waals surface area contributed by atoms with Gasteiger partial charge in [-0.05, 0) is 26.0 Å². The predicted molar refractivity (Wildman–Crippen MR) is 81.6 cm³/mol. The number of nitrogens with zero attached hydrogens (tertiary/aromatic N) is 2. The van der Waals surface area contributed by atoms with E-state index in [0.29, 0.717) is 6.61 Å². The largest absolute Gasteiger partial charge is 0.492 e. The van der Waals surface area contributed by atoms with E-state index in [9.17, 15) is 0 Å². The van der Waals surface area contributed by atoms with Gasteiger partial charge in [-0.25, -0.2) is 4.68 Å². The van der Waals surface area contributed by atoms with Gasteiger partial charge in [-0.3, -0.25) is 0 Å². The van der Waals surface area contributed by atoms with E-state index < -0.39 is 0 Å². The highest BCUT2D eigenvalue weighted by Crippen LogP contribution is 2.11. The normalized spacial score (nSPS) is 12.1. The molecule has 1 aromatic heterocycles. The average Bonchev–Trinajstić information content (AvgIpc) is 2.92. The van der Waals surface area contributed by atoms with Gasteiger partial charge in [0.25, 0.3) is 0 Å². The Morgan fingerprint density at radius 2 is 2.15 bits per heavy atom. The van der Waals surface area contributed by atoms with E-state index in [0.717, 1.165) is 17.9 Å².